The zero-order valence-electron chi connectivity index (χ0n) is 10.4. The van der Waals surface area contributed by atoms with Crippen molar-refractivity contribution in [1.82, 2.24) is 4.31 Å². The van der Waals surface area contributed by atoms with E-state index in [0.717, 1.165) is 11.1 Å². The molecule has 0 radical (unpaired) electrons. The fourth-order valence-electron chi connectivity index (χ4n) is 1.98. The lowest BCUT2D eigenvalue weighted by atomic mass is 10.1. The second-order valence-electron chi connectivity index (χ2n) is 4.32. The number of nitrogens with two attached hydrogens (primary N) is 1. The Kier molecular flexibility index (Phi) is 4.01. The van der Waals surface area contributed by atoms with Crippen LogP contribution in [0.1, 0.15) is 11.1 Å². The Morgan fingerprint density at radius 1 is 1.33 bits per heavy atom. The number of aryl methyl sites for hydroxylation is 1. The van der Waals surface area contributed by atoms with E-state index in [1.54, 1.807) is 19.1 Å². The molecule has 1 heterocycles. The monoisotopic (exact) mass is 270 g/mol. The zero-order chi connectivity index (χ0) is 13.2. The van der Waals surface area contributed by atoms with E-state index >= 15 is 0 Å². The molecule has 1 aromatic rings. The Bertz CT molecular complexity index is 522. The molecule has 5 nitrogen and oxygen atoms in total. The summed E-state index contributed by atoms with van der Waals surface area (Å²) < 4.78 is 31.7. The minimum Gasteiger partial charge on any atom is -0.379 e. The van der Waals surface area contributed by atoms with Crippen molar-refractivity contribution in [2.24, 2.45) is 5.73 Å². The van der Waals surface area contributed by atoms with Crippen LogP contribution in [-0.2, 0) is 21.3 Å². The molecule has 0 spiro atoms. The Morgan fingerprint density at radius 2 is 2.00 bits per heavy atom. The van der Waals surface area contributed by atoms with E-state index in [1.807, 2.05) is 6.07 Å². The SMILES string of the molecule is Cc1ccc(CN)cc1S(=O)(=O)N1CCOCC1. The third kappa shape index (κ3) is 2.56. The fraction of sp³-hybridized carbons (Fsp3) is 0.500. The molecule has 18 heavy (non-hydrogen) atoms. The van der Waals surface area contributed by atoms with E-state index in [0.29, 0.717) is 37.7 Å². The summed E-state index contributed by atoms with van der Waals surface area (Å²) in [6, 6.07) is 5.32. The molecule has 0 saturated carbocycles. The molecule has 1 saturated heterocycles. The summed E-state index contributed by atoms with van der Waals surface area (Å²) in [6.45, 7) is 3.87. The molecule has 1 fully saturated rings. The third-order valence-corrected chi connectivity index (χ3v) is 5.12. The van der Waals surface area contributed by atoms with Crippen LogP contribution in [0.4, 0.5) is 0 Å². The van der Waals surface area contributed by atoms with E-state index in [1.165, 1.54) is 4.31 Å². The highest BCUT2D eigenvalue weighted by Gasteiger charge is 2.27. The molecule has 0 amide bonds. The predicted octanol–water partition coefficient (Wildman–Crippen LogP) is 0.475. The molecule has 6 heteroatoms. The number of hydrogen-bond donors (Lipinski definition) is 1. The van der Waals surface area contributed by atoms with Gasteiger partial charge in [-0.15, -0.1) is 0 Å². The number of hydrogen-bond acceptors (Lipinski definition) is 4. The molecule has 100 valence electrons. The maximum atomic E-state index is 12.5. The summed E-state index contributed by atoms with van der Waals surface area (Å²) >= 11 is 0. The summed E-state index contributed by atoms with van der Waals surface area (Å²) in [4.78, 5) is 0.354. The molecule has 0 atom stereocenters. The Hall–Kier alpha value is -0.950. The minimum absolute atomic E-state index is 0.339. The Labute approximate surface area is 108 Å². The van der Waals surface area contributed by atoms with Crippen LogP contribution in [-0.4, -0.2) is 39.0 Å². The smallest absolute Gasteiger partial charge is 0.243 e. The molecular weight excluding hydrogens is 252 g/mol. The lowest BCUT2D eigenvalue weighted by molar-refractivity contribution is 0.0730. The van der Waals surface area contributed by atoms with Crippen molar-refractivity contribution < 1.29 is 13.2 Å². The van der Waals surface area contributed by atoms with Gasteiger partial charge in [-0.05, 0) is 24.1 Å². The number of sulfonamides is 1. The van der Waals surface area contributed by atoms with Gasteiger partial charge < -0.3 is 10.5 Å². The molecule has 2 N–H and O–H groups in total. The molecular formula is C12H18N2O3S. The number of rotatable bonds is 3. The fourth-order valence-corrected chi connectivity index (χ4v) is 3.66. The highest BCUT2D eigenvalue weighted by atomic mass is 32.2. The van der Waals surface area contributed by atoms with Crippen molar-refractivity contribution in [3.8, 4) is 0 Å². The third-order valence-electron chi connectivity index (χ3n) is 3.08. The second kappa shape index (κ2) is 5.36. The quantitative estimate of drug-likeness (QED) is 0.867. The molecule has 0 bridgehead atoms. The molecule has 0 aromatic heterocycles. The van der Waals surface area contributed by atoms with Crippen molar-refractivity contribution in [3.05, 3.63) is 29.3 Å². The van der Waals surface area contributed by atoms with E-state index in [9.17, 15) is 8.42 Å². The van der Waals surface area contributed by atoms with Crippen molar-refractivity contribution >= 4 is 10.0 Å². The minimum atomic E-state index is -3.43. The first kappa shape index (κ1) is 13.5. The highest BCUT2D eigenvalue weighted by Crippen LogP contribution is 2.22. The number of ether oxygens (including phenoxy) is 1. The van der Waals surface area contributed by atoms with Crippen LogP contribution < -0.4 is 5.73 Å². The Balaban J connectivity index is 2.39. The molecule has 2 rings (SSSR count). The van der Waals surface area contributed by atoms with Gasteiger partial charge in [0.1, 0.15) is 0 Å². The summed E-state index contributed by atoms with van der Waals surface area (Å²) in [6.07, 6.45) is 0. The Morgan fingerprint density at radius 3 is 2.61 bits per heavy atom. The van der Waals surface area contributed by atoms with Gasteiger partial charge in [-0.1, -0.05) is 12.1 Å². The lowest BCUT2D eigenvalue weighted by Gasteiger charge is -2.26. The van der Waals surface area contributed by atoms with Crippen LogP contribution in [0.25, 0.3) is 0 Å². The van der Waals surface area contributed by atoms with Crippen molar-refractivity contribution in [2.75, 3.05) is 26.3 Å². The zero-order valence-corrected chi connectivity index (χ0v) is 11.2. The van der Waals surface area contributed by atoms with Gasteiger partial charge >= 0.3 is 0 Å². The van der Waals surface area contributed by atoms with Gasteiger partial charge in [0.25, 0.3) is 0 Å². The van der Waals surface area contributed by atoms with Crippen LogP contribution in [0.5, 0.6) is 0 Å². The normalized spacial score (nSPS) is 17.9. The van der Waals surface area contributed by atoms with E-state index in [2.05, 4.69) is 0 Å². The number of nitrogens with zero attached hydrogens (tertiary/aromatic N) is 1. The summed E-state index contributed by atoms with van der Waals surface area (Å²) in [5.41, 5.74) is 7.14. The first-order valence-electron chi connectivity index (χ1n) is 5.93. The van der Waals surface area contributed by atoms with Crippen LogP contribution in [0.2, 0.25) is 0 Å². The van der Waals surface area contributed by atoms with Crippen molar-refractivity contribution in [1.29, 1.82) is 0 Å². The van der Waals surface area contributed by atoms with E-state index in [-0.39, 0.29) is 0 Å². The van der Waals surface area contributed by atoms with Crippen LogP contribution in [0.3, 0.4) is 0 Å². The second-order valence-corrected chi connectivity index (χ2v) is 6.23. The van der Waals surface area contributed by atoms with Crippen molar-refractivity contribution in [3.63, 3.8) is 0 Å². The average molecular weight is 270 g/mol. The maximum absolute atomic E-state index is 12.5. The van der Waals surface area contributed by atoms with E-state index < -0.39 is 10.0 Å². The molecule has 1 aliphatic rings. The standard InChI is InChI=1S/C12H18N2O3S/c1-10-2-3-11(9-13)8-12(10)18(15,16)14-4-6-17-7-5-14/h2-3,8H,4-7,9,13H2,1H3. The van der Waals surface area contributed by atoms with Crippen LogP contribution >= 0.6 is 0 Å². The summed E-state index contributed by atoms with van der Waals surface area (Å²) in [5.74, 6) is 0. The maximum Gasteiger partial charge on any atom is 0.243 e. The molecule has 0 aliphatic carbocycles. The van der Waals surface area contributed by atoms with Crippen LogP contribution in [0.15, 0.2) is 23.1 Å². The number of benzene rings is 1. The summed E-state index contributed by atoms with van der Waals surface area (Å²) in [7, 11) is -3.43. The van der Waals surface area contributed by atoms with Crippen LogP contribution in [0, 0.1) is 6.92 Å². The predicted molar refractivity (Wildman–Crippen MR) is 68.6 cm³/mol. The molecule has 1 aliphatic heterocycles. The van der Waals surface area contributed by atoms with Gasteiger partial charge in [-0.25, -0.2) is 8.42 Å². The van der Waals surface area contributed by atoms with Gasteiger partial charge in [-0.3, -0.25) is 0 Å². The first-order valence-corrected chi connectivity index (χ1v) is 7.37. The highest BCUT2D eigenvalue weighted by molar-refractivity contribution is 7.89. The van der Waals surface area contributed by atoms with Gasteiger partial charge in [0, 0.05) is 19.6 Å². The van der Waals surface area contributed by atoms with Gasteiger partial charge in [0.15, 0.2) is 0 Å². The number of morpholine rings is 1. The average Bonchev–Trinajstić information content (AvgIpc) is 2.40. The topological polar surface area (TPSA) is 72.6 Å². The molecule has 1 aromatic carbocycles. The first-order chi connectivity index (χ1) is 8.55. The van der Waals surface area contributed by atoms with Gasteiger partial charge in [0.05, 0.1) is 18.1 Å². The van der Waals surface area contributed by atoms with Crippen molar-refractivity contribution in [2.45, 2.75) is 18.4 Å². The van der Waals surface area contributed by atoms with E-state index in [4.69, 9.17) is 10.5 Å². The largest absolute Gasteiger partial charge is 0.379 e. The molecule has 0 unspecified atom stereocenters. The lowest BCUT2D eigenvalue weighted by Crippen LogP contribution is -2.40. The van der Waals surface area contributed by atoms with Gasteiger partial charge in [-0.2, -0.15) is 4.31 Å². The summed E-state index contributed by atoms with van der Waals surface area (Å²) in [5, 5.41) is 0. The van der Waals surface area contributed by atoms with Gasteiger partial charge in [0.2, 0.25) is 10.0 Å².